The van der Waals surface area contributed by atoms with E-state index in [0.29, 0.717) is 0 Å². The first-order chi connectivity index (χ1) is 6.15. The van der Waals surface area contributed by atoms with E-state index in [1.807, 2.05) is 48.5 Å². The summed E-state index contributed by atoms with van der Waals surface area (Å²) in [4.78, 5) is 0. The summed E-state index contributed by atoms with van der Waals surface area (Å²) in [5, 5.41) is 0. The van der Waals surface area contributed by atoms with Crippen LogP contribution < -0.4 is 0 Å². The fourth-order valence-corrected chi connectivity index (χ4v) is 0.236. The van der Waals surface area contributed by atoms with Gasteiger partial charge in [0.2, 0.25) is 0 Å². The fraction of sp³-hybridized carbons (Fsp3) is 0.714. The summed E-state index contributed by atoms with van der Waals surface area (Å²) in [5.74, 6) is 0. The average Bonchev–Trinajstić information content (AvgIpc) is 2.12. The minimum atomic E-state index is 0. The van der Waals surface area contributed by atoms with Crippen molar-refractivity contribution in [2.75, 3.05) is 0 Å². The van der Waals surface area contributed by atoms with Gasteiger partial charge in [-0.2, -0.15) is 0 Å². The number of hydrogen-bond acceptors (Lipinski definition) is 0. The lowest BCUT2D eigenvalue weighted by atomic mass is 10.4. The highest BCUT2D eigenvalue weighted by atomic mass is 13.6. The molecule has 0 aliphatic carbocycles. The van der Waals surface area contributed by atoms with Crippen LogP contribution in [0.25, 0.3) is 0 Å². The normalized spacial score (nSPS) is 6.29. The molecule has 0 aromatic carbocycles. The van der Waals surface area contributed by atoms with E-state index in [4.69, 9.17) is 0 Å². The minimum Gasteiger partial charge on any atom is -0.100 e. The molecule has 0 fully saturated rings. The van der Waals surface area contributed by atoms with E-state index in [0.717, 1.165) is 6.42 Å². The summed E-state index contributed by atoms with van der Waals surface area (Å²) >= 11 is 0. The standard InChI is InChI=1S/C5H10.C4H8.2C2H6.CH4/c1-3-5-4-2;1-4(2)3;2*1-2;/h3,5H,4H2,1-2H3;1H2,2-3H3;2*1-2H3;1H4. The Labute approximate surface area is 94.1 Å². The molecule has 0 aromatic rings. The molecule has 0 heterocycles. The Balaban J connectivity index is -0.0000000273. The van der Waals surface area contributed by atoms with Gasteiger partial charge in [0.15, 0.2) is 0 Å². The molecule has 0 bridgehead atoms. The molecule has 0 atom stereocenters. The second kappa shape index (κ2) is 54.8. The van der Waals surface area contributed by atoms with Gasteiger partial charge in [0, 0.05) is 0 Å². The average molecular weight is 202 g/mol. The first-order valence-corrected chi connectivity index (χ1v) is 5.38. The fourth-order valence-electron chi connectivity index (χ4n) is 0.236. The molecule has 0 saturated heterocycles. The minimum absolute atomic E-state index is 0. The third kappa shape index (κ3) is 576. The highest BCUT2D eigenvalue weighted by Crippen LogP contribution is 1.74. The highest BCUT2D eigenvalue weighted by Gasteiger charge is 1.52. The summed E-state index contributed by atoms with van der Waals surface area (Å²) in [6.45, 7) is 19.7. The van der Waals surface area contributed by atoms with Gasteiger partial charge in [0.25, 0.3) is 0 Å². The maximum atomic E-state index is 3.56. The van der Waals surface area contributed by atoms with Crippen molar-refractivity contribution in [2.45, 2.75) is 69.2 Å². The second-order valence-corrected chi connectivity index (χ2v) is 2.18. The van der Waals surface area contributed by atoms with Crippen molar-refractivity contribution in [1.82, 2.24) is 0 Å². The van der Waals surface area contributed by atoms with Gasteiger partial charge < -0.3 is 0 Å². The molecule has 0 heteroatoms. The van der Waals surface area contributed by atoms with Crippen LogP contribution in [-0.4, -0.2) is 0 Å². The van der Waals surface area contributed by atoms with Crippen molar-refractivity contribution in [3.05, 3.63) is 24.3 Å². The molecule has 0 rings (SSSR count). The molecule has 0 spiro atoms. The monoisotopic (exact) mass is 202 g/mol. The van der Waals surface area contributed by atoms with Crippen LogP contribution in [0.3, 0.4) is 0 Å². The van der Waals surface area contributed by atoms with Crippen molar-refractivity contribution in [1.29, 1.82) is 0 Å². The predicted molar refractivity (Wildman–Crippen MR) is 75.0 cm³/mol. The van der Waals surface area contributed by atoms with Crippen molar-refractivity contribution in [3.8, 4) is 0 Å². The number of rotatable bonds is 1. The zero-order valence-electron chi connectivity index (χ0n) is 11.1. The van der Waals surface area contributed by atoms with Crippen molar-refractivity contribution in [3.63, 3.8) is 0 Å². The molecule has 0 N–H and O–H groups in total. The Morgan fingerprint density at radius 2 is 1.29 bits per heavy atom. The maximum Gasteiger partial charge on any atom is -0.0379 e. The molecule has 0 aromatic heterocycles. The zero-order valence-corrected chi connectivity index (χ0v) is 11.1. The summed E-state index contributed by atoms with van der Waals surface area (Å²) in [6.07, 6.45) is 5.34. The third-order valence-corrected chi connectivity index (χ3v) is 0.471. The first kappa shape index (κ1) is 29.2. The van der Waals surface area contributed by atoms with Crippen molar-refractivity contribution < 1.29 is 0 Å². The van der Waals surface area contributed by atoms with Gasteiger partial charge in [-0.3, -0.25) is 0 Å². The molecular formula is C14H34. The van der Waals surface area contributed by atoms with Gasteiger partial charge >= 0.3 is 0 Å². The highest BCUT2D eigenvalue weighted by molar-refractivity contribution is 4.78. The molecular weight excluding hydrogens is 168 g/mol. The third-order valence-electron chi connectivity index (χ3n) is 0.471. The van der Waals surface area contributed by atoms with Crippen molar-refractivity contribution >= 4 is 0 Å². The molecule has 14 heavy (non-hydrogen) atoms. The molecule has 90 valence electrons. The van der Waals surface area contributed by atoms with Crippen LogP contribution in [0.15, 0.2) is 24.3 Å². The van der Waals surface area contributed by atoms with Gasteiger partial charge in [0.05, 0.1) is 0 Å². The molecule has 0 radical (unpaired) electrons. The van der Waals surface area contributed by atoms with Gasteiger partial charge in [-0.1, -0.05) is 59.8 Å². The lowest BCUT2D eigenvalue weighted by molar-refractivity contribution is 1.22. The Hall–Kier alpha value is -0.520. The number of hydrogen-bond donors (Lipinski definition) is 0. The van der Waals surface area contributed by atoms with Crippen LogP contribution in [0, 0.1) is 0 Å². The summed E-state index contributed by atoms with van der Waals surface area (Å²) in [6, 6.07) is 0. The van der Waals surface area contributed by atoms with E-state index in [9.17, 15) is 0 Å². The topological polar surface area (TPSA) is 0 Å². The van der Waals surface area contributed by atoms with E-state index in [1.165, 1.54) is 5.57 Å². The zero-order chi connectivity index (χ0) is 11.7. The van der Waals surface area contributed by atoms with Crippen LogP contribution >= 0.6 is 0 Å². The Morgan fingerprint density at radius 1 is 1.07 bits per heavy atom. The number of allylic oxidation sites excluding steroid dienone is 3. The lowest BCUT2D eigenvalue weighted by Crippen LogP contribution is -1.43. The first-order valence-electron chi connectivity index (χ1n) is 5.38. The molecule has 0 aliphatic heterocycles. The van der Waals surface area contributed by atoms with Gasteiger partial charge in [0.1, 0.15) is 0 Å². The van der Waals surface area contributed by atoms with E-state index in [-0.39, 0.29) is 7.43 Å². The SMILES string of the molecule is C.C=C(C)C.CC.CC.CC=CCC. The van der Waals surface area contributed by atoms with E-state index in [2.05, 4.69) is 25.7 Å². The maximum absolute atomic E-state index is 3.56. The van der Waals surface area contributed by atoms with E-state index >= 15 is 0 Å². The summed E-state index contributed by atoms with van der Waals surface area (Å²) in [7, 11) is 0. The van der Waals surface area contributed by atoms with E-state index < -0.39 is 0 Å². The largest absolute Gasteiger partial charge is 0.100 e. The summed E-state index contributed by atoms with van der Waals surface area (Å²) in [5.41, 5.74) is 1.17. The molecule has 0 unspecified atom stereocenters. The molecule has 0 nitrogen and oxygen atoms in total. The molecule has 0 aliphatic rings. The van der Waals surface area contributed by atoms with E-state index in [1.54, 1.807) is 0 Å². The van der Waals surface area contributed by atoms with Crippen LogP contribution in [0.4, 0.5) is 0 Å². The molecule has 0 amide bonds. The van der Waals surface area contributed by atoms with Crippen molar-refractivity contribution in [2.24, 2.45) is 0 Å². The van der Waals surface area contributed by atoms with Gasteiger partial charge in [-0.25, -0.2) is 0 Å². The van der Waals surface area contributed by atoms with Gasteiger partial charge in [-0.15, -0.1) is 6.58 Å². The van der Waals surface area contributed by atoms with Crippen LogP contribution in [-0.2, 0) is 0 Å². The second-order valence-electron chi connectivity index (χ2n) is 2.18. The smallest absolute Gasteiger partial charge is 0.0379 e. The Bertz CT molecular complexity index is 74.0. The Morgan fingerprint density at radius 3 is 1.29 bits per heavy atom. The van der Waals surface area contributed by atoms with Crippen LogP contribution in [0.1, 0.15) is 69.2 Å². The quantitative estimate of drug-likeness (QED) is 0.441. The Kier molecular flexibility index (Phi) is 114. The lowest BCUT2D eigenvalue weighted by Gasteiger charge is -1.65. The summed E-state index contributed by atoms with van der Waals surface area (Å²) < 4.78 is 0. The van der Waals surface area contributed by atoms with Gasteiger partial charge in [-0.05, 0) is 27.2 Å². The molecule has 0 saturated carbocycles. The van der Waals surface area contributed by atoms with Crippen LogP contribution in [0.2, 0.25) is 0 Å². The van der Waals surface area contributed by atoms with Crippen LogP contribution in [0.5, 0.6) is 0 Å². The predicted octanol–water partition coefficient (Wildman–Crippen LogP) is 6.24.